The van der Waals surface area contributed by atoms with Gasteiger partial charge in [0, 0.05) is 18.7 Å². The summed E-state index contributed by atoms with van der Waals surface area (Å²) in [7, 11) is 0. The predicted octanol–water partition coefficient (Wildman–Crippen LogP) is 7.98. The molecule has 0 aliphatic heterocycles. The molecule has 2 fully saturated rings. The largest absolute Gasteiger partial charge is 0.294 e. The van der Waals surface area contributed by atoms with E-state index < -0.39 is 0 Å². The maximum Gasteiger partial charge on any atom is 0.0391 e. The van der Waals surface area contributed by atoms with E-state index in [0.29, 0.717) is 16.7 Å². The van der Waals surface area contributed by atoms with E-state index in [4.69, 9.17) is 4.99 Å². The van der Waals surface area contributed by atoms with Gasteiger partial charge in [-0.3, -0.25) is 4.99 Å². The Morgan fingerprint density at radius 3 is 2.14 bits per heavy atom. The van der Waals surface area contributed by atoms with Gasteiger partial charge in [0.2, 0.25) is 0 Å². The van der Waals surface area contributed by atoms with Gasteiger partial charge >= 0.3 is 0 Å². The number of benzene rings is 1. The second-order valence-electron chi connectivity index (χ2n) is 11.4. The van der Waals surface area contributed by atoms with Crippen molar-refractivity contribution in [1.29, 1.82) is 0 Å². The van der Waals surface area contributed by atoms with Crippen LogP contribution in [0.15, 0.2) is 29.3 Å². The van der Waals surface area contributed by atoms with E-state index in [-0.39, 0.29) is 0 Å². The third-order valence-corrected chi connectivity index (χ3v) is 7.11. The van der Waals surface area contributed by atoms with Crippen molar-refractivity contribution in [2.75, 3.05) is 6.54 Å². The van der Waals surface area contributed by atoms with Crippen LogP contribution in [-0.2, 0) is 6.42 Å². The van der Waals surface area contributed by atoms with Crippen molar-refractivity contribution in [3.63, 3.8) is 0 Å². The summed E-state index contributed by atoms with van der Waals surface area (Å²) in [6.07, 6.45) is 13.5. The standard InChI is InChI=1S/C27H43N/c1-21(28-16-15-22-9-7-6-8-10-22)17-23-11-13-24(14-12-23)25-18-26(2,3)20-27(4,5)19-25/h11-14,22,25H,6-10,15-20H2,1-5H3. The molecule has 156 valence electrons. The van der Waals surface area contributed by atoms with Crippen LogP contribution in [0.25, 0.3) is 0 Å². The maximum absolute atomic E-state index is 4.88. The van der Waals surface area contributed by atoms with Gasteiger partial charge in [0.05, 0.1) is 0 Å². The zero-order chi connectivity index (χ0) is 20.2. The SMILES string of the molecule is CC(Cc1ccc(C2CC(C)(C)CC(C)(C)C2)cc1)=NCCC1CCCCC1. The molecule has 1 nitrogen and oxygen atoms in total. The minimum atomic E-state index is 0.451. The fraction of sp³-hybridized carbons (Fsp3) is 0.741. The molecule has 0 atom stereocenters. The van der Waals surface area contributed by atoms with Gasteiger partial charge in [-0.05, 0) is 66.4 Å². The number of hydrogen-bond donors (Lipinski definition) is 0. The highest BCUT2D eigenvalue weighted by atomic mass is 14.7. The van der Waals surface area contributed by atoms with Gasteiger partial charge in [-0.15, -0.1) is 0 Å². The van der Waals surface area contributed by atoms with Gasteiger partial charge in [0.25, 0.3) is 0 Å². The summed E-state index contributed by atoms with van der Waals surface area (Å²) in [4.78, 5) is 4.88. The summed E-state index contributed by atoms with van der Waals surface area (Å²) in [6, 6.07) is 9.49. The molecule has 0 amide bonds. The van der Waals surface area contributed by atoms with Crippen LogP contribution >= 0.6 is 0 Å². The van der Waals surface area contributed by atoms with Crippen LogP contribution in [-0.4, -0.2) is 12.3 Å². The monoisotopic (exact) mass is 381 g/mol. The molecule has 0 aromatic heterocycles. The molecule has 1 aromatic carbocycles. The van der Waals surface area contributed by atoms with E-state index >= 15 is 0 Å². The molecule has 0 N–H and O–H groups in total. The minimum Gasteiger partial charge on any atom is -0.294 e. The molecule has 0 saturated heterocycles. The highest BCUT2D eigenvalue weighted by molar-refractivity contribution is 5.84. The molecule has 2 aliphatic carbocycles. The molecular formula is C27H43N. The van der Waals surface area contributed by atoms with Crippen LogP contribution < -0.4 is 0 Å². The van der Waals surface area contributed by atoms with Crippen LogP contribution in [0.3, 0.4) is 0 Å². The summed E-state index contributed by atoms with van der Waals surface area (Å²) in [5, 5.41) is 0. The molecule has 28 heavy (non-hydrogen) atoms. The second-order valence-corrected chi connectivity index (χ2v) is 11.4. The van der Waals surface area contributed by atoms with Crippen LogP contribution in [0.5, 0.6) is 0 Å². The first-order valence-corrected chi connectivity index (χ1v) is 11.8. The van der Waals surface area contributed by atoms with Crippen molar-refractivity contribution in [2.45, 2.75) is 105 Å². The van der Waals surface area contributed by atoms with E-state index in [0.717, 1.165) is 18.9 Å². The van der Waals surface area contributed by atoms with Crippen molar-refractivity contribution in [3.8, 4) is 0 Å². The van der Waals surface area contributed by atoms with Crippen molar-refractivity contribution >= 4 is 5.71 Å². The first-order valence-electron chi connectivity index (χ1n) is 11.8. The van der Waals surface area contributed by atoms with Gasteiger partial charge in [-0.25, -0.2) is 0 Å². The topological polar surface area (TPSA) is 12.4 Å². The lowest BCUT2D eigenvalue weighted by Crippen LogP contribution is -2.32. The maximum atomic E-state index is 4.88. The van der Waals surface area contributed by atoms with Gasteiger partial charge < -0.3 is 0 Å². The van der Waals surface area contributed by atoms with Crippen LogP contribution in [0.4, 0.5) is 0 Å². The average molecular weight is 382 g/mol. The van der Waals surface area contributed by atoms with Crippen LogP contribution in [0.1, 0.15) is 109 Å². The summed E-state index contributed by atoms with van der Waals surface area (Å²) in [5.74, 6) is 1.65. The Labute approximate surface area is 174 Å². The average Bonchev–Trinajstić information content (AvgIpc) is 2.60. The molecule has 0 spiro atoms. The molecule has 1 heteroatoms. The predicted molar refractivity (Wildman–Crippen MR) is 123 cm³/mol. The van der Waals surface area contributed by atoms with Gasteiger partial charge in [0.15, 0.2) is 0 Å². The van der Waals surface area contributed by atoms with Gasteiger partial charge in [0.1, 0.15) is 0 Å². The Kier molecular flexibility index (Phi) is 7.05. The molecule has 2 aliphatic rings. The Bertz CT molecular complexity index is 627. The Balaban J connectivity index is 1.53. The van der Waals surface area contributed by atoms with E-state index in [1.165, 1.54) is 74.6 Å². The molecule has 1 aromatic rings. The van der Waals surface area contributed by atoms with Crippen molar-refractivity contribution in [3.05, 3.63) is 35.4 Å². The number of rotatable bonds is 6. The molecule has 0 heterocycles. The third-order valence-electron chi connectivity index (χ3n) is 7.11. The molecule has 0 bridgehead atoms. The normalized spacial score (nSPS) is 23.7. The summed E-state index contributed by atoms with van der Waals surface area (Å²) >= 11 is 0. The lowest BCUT2D eigenvalue weighted by molar-refractivity contribution is 0.0969. The molecular weight excluding hydrogens is 338 g/mol. The van der Waals surface area contributed by atoms with E-state index in [9.17, 15) is 0 Å². The highest BCUT2D eigenvalue weighted by Gasteiger charge is 2.38. The van der Waals surface area contributed by atoms with Crippen LogP contribution in [0.2, 0.25) is 0 Å². The van der Waals surface area contributed by atoms with Gasteiger partial charge in [-0.2, -0.15) is 0 Å². The summed E-state index contributed by atoms with van der Waals surface area (Å²) in [5.41, 5.74) is 5.15. The fourth-order valence-electron chi connectivity index (χ4n) is 6.25. The number of nitrogens with zero attached hydrogens (tertiary/aromatic N) is 1. The Morgan fingerprint density at radius 2 is 1.54 bits per heavy atom. The summed E-state index contributed by atoms with van der Waals surface area (Å²) in [6.45, 7) is 13.0. The molecule has 3 rings (SSSR count). The first-order chi connectivity index (χ1) is 13.2. The number of hydrogen-bond acceptors (Lipinski definition) is 1. The van der Waals surface area contributed by atoms with Gasteiger partial charge in [-0.1, -0.05) is 84.1 Å². The van der Waals surface area contributed by atoms with Crippen molar-refractivity contribution in [2.24, 2.45) is 21.7 Å². The first kappa shape index (κ1) is 21.6. The minimum absolute atomic E-state index is 0.451. The van der Waals surface area contributed by atoms with Crippen LogP contribution in [0, 0.1) is 16.7 Å². The van der Waals surface area contributed by atoms with E-state index in [1.54, 1.807) is 0 Å². The van der Waals surface area contributed by atoms with Crippen molar-refractivity contribution in [1.82, 2.24) is 0 Å². The second kappa shape index (κ2) is 9.14. The van der Waals surface area contributed by atoms with E-state index in [1.807, 2.05) is 0 Å². The Hall–Kier alpha value is -1.11. The smallest absolute Gasteiger partial charge is 0.0391 e. The third kappa shape index (κ3) is 6.46. The zero-order valence-corrected chi connectivity index (χ0v) is 19.2. The zero-order valence-electron chi connectivity index (χ0n) is 19.2. The lowest BCUT2D eigenvalue weighted by atomic mass is 9.60. The number of aliphatic imine (C=N–C) groups is 1. The van der Waals surface area contributed by atoms with E-state index in [2.05, 4.69) is 58.9 Å². The quantitative estimate of drug-likeness (QED) is 0.443. The fourth-order valence-corrected chi connectivity index (χ4v) is 6.25. The summed E-state index contributed by atoms with van der Waals surface area (Å²) < 4.78 is 0. The lowest BCUT2D eigenvalue weighted by Gasteiger charge is -2.45. The molecule has 2 saturated carbocycles. The molecule has 0 radical (unpaired) electrons. The van der Waals surface area contributed by atoms with Crippen molar-refractivity contribution < 1.29 is 0 Å². The Morgan fingerprint density at radius 1 is 0.929 bits per heavy atom. The molecule has 0 unspecified atom stereocenters. The highest BCUT2D eigenvalue weighted by Crippen LogP contribution is 2.51.